The lowest BCUT2D eigenvalue weighted by atomic mass is 9.70. The lowest BCUT2D eigenvalue weighted by molar-refractivity contribution is 0.0677. The van der Waals surface area contributed by atoms with Gasteiger partial charge in [-0.15, -0.1) is 0 Å². The Hall–Kier alpha value is -0.0800. The maximum Gasteiger partial charge on any atom is 0.0252 e. The van der Waals surface area contributed by atoms with Crippen molar-refractivity contribution in [3.8, 4) is 0 Å². The summed E-state index contributed by atoms with van der Waals surface area (Å²) in [7, 11) is 0. The van der Waals surface area contributed by atoms with Gasteiger partial charge in [-0.2, -0.15) is 0 Å². The van der Waals surface area contributed by atoms with Gasteiger partial charge in [-0.05, 0) is 44.2 Å². The van der Waals surface area contributed by atoms with Gasteiger partial charge >= 0.3 is 0 Å². The minimum atomic E-state index is 0.322. The van der Waals surface area contributed by atoms with Gasteiger partial charge in [0.1, 0.15) is 0 Å². The van der Waals surface area contributed by atoms with E-state index in [2.05, 4.69) is 32.6 Å². The van der Waals surface area contributed by atoms with Crippen LogP contribution in [0.1, 0.15) is 59.8 Å². The molecular formula is C14H30N2. The first-order valence-corrected chi connectivity index (χ1v) is 7.02. The maximum atomic E-state index is 6.48. The van der Waals surface area contributed by atoms with Crippen molar-refractivity contribution in [2.24, 2.45) is 11.1 Å². The van der Waals surface area contributed by atoms with E-state index in [1.807, 2.05) is 0 Å². The Kier molecular flexibility index (Phi) is 5.26. The van der Waals surface area contributed by atoms with Crippen LogP contribution in [0.2, 0.25) is 0 Å². The fourth-order valence-electron chi connectivity index (χ4n) is 3.06. The van der Waals surface area contributed by atoms with Crippen molar-refractivity contribution < 1.29 is 0 Å². The molecule has 2 atom stereocenters. The van der Waals surface area contributed by atoms with E-state index >= 15 is 0 Å². The van der Waals surface area contributed by atoms with E-state index in [9.17, 15) is 0 Å². The molecule has 0 aromatic carbocycles. The van der Waals surface area contributed by atoms with Gasteiger partial charge in [-0.3, -0.25) is 4.90 Å². The maximum absolute atomic E-state index is 6.48. The lowest BCUT2D eigenvalue weighted by Crippen LogP contribution is -2.57. The van der Waals surface area contributed by atoms with Gasteiger partial charge in [-0.1, -0.05) is 34.1 Å². The van der Waals surface area contributed by atoms with E-state index < -0.39 is 0 Å². The third kappa shape index (κ3) is 3.21. The highest BCUT2D eigenvalue weighted by Gasteiger charge is 2.38. The summed E-state index contributed by atoms with van der Waals surface area (Å²) in [4.78, 5) is 2.63. The number of hydrogen-bond acceptors (Lipinski definition) is 2. The Labute approximate surface area is 102 Å². The summed E-state index contributed by atoms with van der Waals surface area (Å²) in [6.45, 7) is 11.6. The monoisotopic (exact) mass is 226 g/mol. The van der Waals surface area contributed by atoms with Crippen molar-refractivity contribution in [1.82, 2.24) is 4.90 Å². The number of nitrogens with two attached hydrogens (primary N) is 1. The summed E-state index contributed by atoms with van der Waals surface area (Å²) in [5.41, 5.74) is 6.80. The smallest absolute Gasteiger partial charge is 0.0252 e. The van der Waals surface area contributed by atoms with Gasteiger partial charge in [-0.25, -0.2) is 0 Å². The topological polar surface area (TPSA) is 29.3 Å². The van der Waals surface area contributed by atoms with E-state index in [0.717, 1.165) is 0 Å². The van der Waals surface area contributed by atoms with Crippen LogP contribution in [0.4, 0.5) is 0 Å². The predicted molar refractivity (Wildman–Crippen MR) is 71.6 cm³/mol. The third-order valence-corrected chi connectivity index (χ3v) is 4.13. The summed E-state index contributed by atoms with van der Waals surface area (Å²) in [6, 6.07) is 0.961. The van der Waals surface area contributed by atoms with E-state index in [1.54, 1.807) is 0 Å². The Morgan fingerprint density at radius 1 is 1.19 bits per heavy atom. The van der Waals surface area contributed by atoms with Crippen LogP contribution in [0.5, 0.6) is 0 Å². The second-order valence-corrected chi connectivity index (χ2v) is 6.01. The Morgan fingerprint density at radius 3 is 2.25 bits per heavy atom. The first kappa shape index (κ1) is 14.0. The fraction of sp³-hybridized carbons (Fsp3) is 1.00. The molecule has 0 aromatic heterocycles. The first-order chi connectivity index (χ1) is 7.53. The quantitative estimate of drug-likeness (QED) is 0.781. The molecule has 0 bridgehead atoms. The summed E-state index contributed by atoms with van der Waals surface area (Å²) in [5, 5.41) is 0. The molecule has 2 heteroatoms. The van der Waals surface area contributed by atoms with Crippen LogP contribution >= 0.6 is 0 Å². The molecular weight excluding hydrogens is 196 g/mol. The van der Waals surface area contributed by atoms with Crippen LogP contribution in [0.25, 0.3) is 0 Å². The van der Waals surface area contributed by atoms with Gasteiger partial charge in [0.05, 0.1) is 0 Å². The lowest BCUT2D eigenvalue weighted by Gasteiger charge is -2.46. The molecule has 2 nitrogen and oxygen atoms in total. The van der Waals surface area contributed by atoms with Gasteiger partial charge in [0.15, 0.2) is 0 Å². The van der Waals surface area contributed by atoms with Crippen molar-refractivity contribution >= 4 is 0 Å². The molecule has 0 amide bonds. The average molecular weight is 226 g/mol. The third-order valence-electron chi connectivity index (χ3n) is 4.13. The minimum absolute atomic E-state index is 0.322. The molecule has 0 aromatic rings. The standard InChI is InChI=1S/C14H30N2/c1-5-10-16(11-6-2)12-8-7-9-14(3,4)13(12)15/h12-13H,5-11,15H2,1-4H3. The van der Waals surface area contributed by atoms with Gasteiger partial charge in [0, 0.05) is 12.1 Å². The van der Waals surface area contributed by atoms with Crippen LogP contribution in [0, 0.1) is 5.41 Å². The average Bonchev–Trinajstić information content (AvgIpc) is 2.22. The molecule has 1 rings (SSSR count). The van der Waals surface area contributed by atoms with E-state index in [-0.39, 0.29) is 0 Å². The Bertz CT molecular complexity index is 195. The van der Waals surface area contributed by atoms with Crippen LogP contribution in [0.3, 0.4) is 0 Å². The highest BCUT2D eigenvalue weighted by Crippen LogP contribution is 2.36. The van der Waals surface area contributed by atoms with Crippen molar-refractivity contribution in [3.63, 3.8) is 0 Å². The molecule has 0 spiro atoms. The van der Waals surface area contributed by atoms with Crippen molar-refractivity contribution in [1.29, 1.82) is 0 Å². The zero-order chi connectivity index (χ0) is 12.2. The second kappa shape index (κ2) is 6.02. The molecule has 1 aliphatic carbocycles. The van der Waals surface area contributed by atoms with Gasteiger partial charge in [0.2, 0.25) is 0 Å². The van der Waals surface area contributed by atoms with Crippen LogP contribution in [-0.2, 0) is 0 Å². The van der Waals surface area contributed by atoms with Crippen LogP contribution < -0.4 is 5.73 Å². The first-order valence-electron chi connectivity index (χ1n) is 7.02. The second-order valence-electron chi connectivity index (χ2n) is 6.01. The zero-order valence-electron chi connectivity index (χ0n) is 11.6. The number of rotatable bonds is 5. The molecule has 0 aliphatic heterocycles. The molecule has 0 saturated heterocycles. The van der Waals surface area contributed by atoms with E-state index in [4.69, 9.17) is 5.73 Å². The van der Waals surface area contributed by atoms with Crippen molar-refractivity contribution in [2.45, 2.75) is 71.9 Å². The summed E-state index contributed by atoms with van der Waals surface area (Å²) >= 11 is 0. The molecule has 1 aliphatic rings. The number of hydrogen-bond donors (Lipinski definition) is 1. The SMILES string of the molecule is CCCN(CCC)C1CCCC(C)(C)C1N. The van der Waals surface area contributed by atoms with Crippen molar-refractivity contribution in [3.05, 3.63) is 0 Å². The van der Waals surface area contributed by atoms with Crippen LogP contribution in [-0.4, -0.2) is 30.1 Å². The molecule has 96 valence electrons. The predicted octanol–water partition coefficient (Wildman–Crippen LogP) is 3.01. The highest BCUT2D eigenvalue weighted by atomic mass is 15.2. The highest BCUT2D eigenvalue weighted by molar-refractivity contribution is 4.96. The van der Waals surface area contributed by atoms with E-state index in [1.165, 1.54) is 45.2 Å². The minimum Gasteiger partial charge on any atom is -0.326 e. The molecule has 0 radical (unpaired) electrons. The summed E-state index contributed by atoms with van der Waals surface area (Å²) in [5.74, 6) is 0. The summed E-state index contributed by atoms with van der Waals surface area (Å²) in [6.07, 6.45) is 6.41. The van der Waals surface area contributed by atoms with Gasteiger partial charge in [0.25, 0.3) is 0 Å². The largest absolute Gasteiger partial charge is 0.326 e. The molecule has 1 fully saturated rings. The molecule has 2 unspecified atom stereocenters. The summed E-state index contributed by atoms with van der Waals surface area (Å²) < 4.78 is 0. The molecule has 2 N–H and O–H groups in total. The van der Waals surface area contributed by atoms with Crippen molar-refractivity contribution in [2.75, 3.05) is 13.1 Å². The fourth-order valence-corrected chi connectivity index (χ4v) is 3.06. The van der Waals surface area contributed by atoms with E-state index in [0.29, 0.717) is 17.5 Å². The normalized spacial score (nSPS) is 29.6. The molecule has 0 heterocycles. The zero-order valence-corrected chi connectivity index (χ0v) is 11.6. The molecule has 1 saturated carbocycles. The van der Waals surface area contributed by atoms with Gasteiger partial charge < -0.3 is 5.73 Å². The van der Waals surface area contributed by atoms with Crippen LogP contribution in [0.15, 0.2) is 0 Å². The Morgan fingerprint density at radius 2 is 1.75 bits per heavy atom. The molecule has 16 heavy (non-hydrogen) atoms. The number of nitrogens with zero attached hydrogens (tertiary/aromatic N) is 1. The Balaban J connectivity index is 2.67.